The van der Waals surface area contributed by atoms with Gasteiger partial charge in [-0.15, -0.1) is 0 Å². The molecular formula is C35H45N3O6. The quantitative estimate of drug-likeness (QED) is 0.234. The van der Waals surface area contributed by atoms with Crippen LogP contribution in [-0.2, 0) is 20.7 Å². The van der Waals surface area contributed by atoms with Crippen molar-refractivity contribution < 1.29 is 29.3 Å². The largest absolute Gasteiger partial charge is 0.508 e. The number of alkyl carbamates (subject to hydrolysis) is 1. The number of anilines is 1. The van der Waals surface area contributed by atoms with Gasteiger partial charge in [0.2, 0.25) is 5.91 Å². The molecule has 44 heavy (non-hydrogen) atoms. The number of carbonyl (C=O) groups excluding carboxylic acids is 3. The number of aryl methyl sites for hydroxylation is 3. The summed E-state index contributed by atoms with van der Waals surface area (Å²) in [7, 11) is 0. The van der Waals surface area contributed by atoms with Gasteiger partial charge in [-0.05, 0) is 114 Å². The molecule has 3 rings (SSSR count). The van der Waals surface area contributed by atoms with Gasteiger partial charge in [0.1, 0.15) is 29.2 Å². The Hall–Kier alpha value is -4.53. The molecule has 0 aliphatic carbocycles. The minimum absolute atomic E-state index is 0.0630. The van der Waals surface area contributed by atoms with Gasteiger partial charge in [0.05, 0.1) is 0 Å². The van der Waals surface area contributed by atoms with E-state index in [0.29, 0.717) is 22.4 Å². The molecule has 2 atom stereocenters. The van der Waals surface area contributed by atoms with Crippen LogP contribution in [0.15, 0.2) is 60.7 Å². The number of hydrogen-bond acceptors (Lipinski definition) is 6. The van der Waals surface area contributed by atoms with Gasteiger partial charge in [-0.3, -0.25) is 9.59 Å². The zero-order valence-corrected chi connectivity index (χ0v) is 27.1. The normalized spacial score (nSPS) is 13.0. The Morgan fingerprint density at radius 3 is 1.95 bits per heavy atom. The van der Waals surface area contributed by atoms with Crippen LogP contribution in [0.1, 0.15) is 75.4 Å². The second kappa shape index (κ2) is 13.4. The standard InChI is InChI=1S/C35H45N3O6/c1-21-11-10-12-22(2)29(21)37-31(41)30(25-15-18-28(40)23(3)19-25)38(34(4,5)6)32(42)27(36-33(43)44-35(7,8)9)20-24-13-16-26(39)17-14-24/h10-19,27,30,39-40H,20H2,1-9H3,(H,36,43)(H,37,41). The number of nitrogens with zero attached hydrogens (tertiary/aromatic N) is 1. The van der Waals surface area contributed by atoms with Gasteiger partial charge >= 0.3 is 6.09 Å². The molecular weight excluding hydrogens is 558 g/mol. The number of carbonyl (C=O) groups is 3. The molecule has 2 unspecified atom stereocenters. The number of aromatic hydroxyl groups is 2. The van der Waals surface area contributed by atoms with Gasteiger partial charge in [0.25, 0.3) is 5.91 Å². The van der Waals surface area contributed by atoms with Gasteiger partial charge in [-0.2, -0.15) is 0 Å². The maximum absolute atomic E-state index is 14.7. The highest BCUT2D eigenvalue weighted by atomic mass is 16.6. The number of ether oxygens (including phenoxy) is 1. The fourth-order valence-corrected chi connectivity index (χ4v) is 5.00. The molecule has 9 heteroatoms. The average molecular weight is 604 g/mol. The van der Waals surface area contributed by atoms with Gasteiger partial charge in [-0.25, -0.2) is 4.79 Å². The number of nitrogens with one attached hydrogen (secondary N) is 2. The molecule has 0 saturated carbocycles. The van der Waals surface area contributed by atoms with E-state index in [4.69, 9.17) is 4.74 Å². The first-order valence-electron chi connectivity index (χ1n) is 14.6. The van der Waals surface area contributed by atoms with E-state index in [-0.39, 0.29) is 17.9 Å². The highest BCUT2D eigenvalue weighted by Crippen LogP contribution is 2.34. The first-order chi connectivity index (χ1) is 20.4. The van der Waals surface area contributed by atoms with Gasteiger partial charge in [0.15, 0.2) is 0 Å². The first kappa shape index (κ1) is 34.0. The molecule has 236 valence electrons. The highest BCUT2D eigenvalue weighted by Gasteiger charge is 2.42. The third kappa shape index (κ3) is 8.75. The van der Waals surface area contributed by atoms with E-state index >= 15 is 0 Å². The number of para-hydroxylation sites is 1. The van der Waals surface area contributed by atoms with Gasteiger partial charge < -0.3 is 30.5 Å². The molecule has 0 aromatic heterocycles. The minimum atomic E-state index is -1.14. The predicted molar refractivity (Wildman–Crippen MR) is 172 cm³/mol. The zero-order valence-electron chi connectivity index (χ0n) is 27.1. The van der Waals surface area contributed by atoms with Crippen molar-refractivity contribution in [2.75, 3.05) is 5.32 Å². The van der Waals surface area contributed by atoms with Crippen molar-refractivity contribution in [2.45, 2.75) is 92.0 Å². The number of phenolic OH excluding ortho intramolecular Hbond substituents is 2. The van der Waals surface area contributed by atoms with E-state index in [1.165, 1.54) is 23.1 Å². The van der Waals surface area contributed by atoms with Crippen LogP contribution in [0.3, 0.4) is 0 Å². The minimum Gasteiger partial charge on any atom is -0.508 e. The molecule has 9 nitrogen and oxygen atoms in total. The molecule has 4 N–H and O–H groups in total. The van der Waals surface area contributed by atoms with Crippen molar-refractivity contribution in [3.63, 3.8) is 0 Å². The van der Waals surface area contributed by atoms with E-state index in [2.05, 4.69) is 10.6 Å². The van der Waals surface area contributed by atoms with Crippen LogP contribution in [0.25, 0.3) is 0 Å². The van der Waals surface area contributed by atoms with E-state index in [1.807, 2.05) is 52.8 Å². The van der Waals surface area contributed by atoms with Crippen molar-refractivity contribution in [3.05, 3.63) is 88.5 Å². The summed E-state index contributed by atoms with van der Waals surface area (Å²) in [5, 5.41) is 25.9. The Morgan fingerprint density at radius 1 is 0.841 bits per heavy atom. The van der Waals surface area contributed by atoms with Crippen molar-refractivity contribution in [1.29, 1.82) is 0 Å². The van der Waals surface area contributed by atoms with Crippen LogP contribution in [-0.4, -0.2) is 50.2 Å². The van der Waals surface area contributed by atoms with Gasteiger partial charge in [0, 0.05) is 17.6 Å². The molecule has 0 radical (unpaired) electrons. The number of amides is 3. The van der Waals surface area contributed by atoms with Crippen molar-refractivity contribution in [3.8, 4) is 11.5 Å². The first-order valence-corrected chi connectivity index (χ1v) is 14.6. The summed E-state index contributed by atoms with van der Waals surface area (Å²) in [6.45, 7) is 16.2. The monoisotopic (exact) mass is 603 g/mol. The Balaban J connectivity index is 2.16. The Morgan fingerprint density at radius 2 is 1.43 bits per heavy atom. The fraction of sp³-hybridized carbons (Fsp3) is 0.400. The molecule has 0 fully saturated rings. The number of benzene rings is 3. The molecule has 0 saturated heterocycles. The Labute approximate surface area is 260 Å². The lowest BCUT2D eigenvalue weighted by Crippen LogP contribution is -2.58. The molecule has 3 aromatic rings. The number of hydrogen-bond donors (Lipinski definition) is 4. The Bertz CT molecular complexity index is 1480. The van der Waals surface area contributed by atoms with Crippen molar-refractivity contribution >= 4 is 23.6 Å². The Kier molecular flexibility index (Phi) is 10.4. The third-order valence-electron chi connectivity index (χ3n) is 7.10. The lowest BCUT2D eigenvalue weighted by atomic mass is 9.93. The fourth-order valence-electron chi connectivity index (χ4n) is 5.00. The van der Waals surface area contributed by atoms with Crippen LogP contribution in [0, 0.1) is 20.8 Å². The molecule has 3 amide bonds. The molecule has 0 spiro atoms. The highest BCUT2D eigenvalue weighted by molar-refractivity contribution is 6.00. The van der Waals surface area contributed by atoms with E-state index in [0.717, 1.165) is 11.1 Å². The lowest BCUT2D eigenvalue weighted by Gasteiger charge is -2.43. The summed E-state index contributed by atoms with van der Waals surface area (Å²) in [5.74, 6) is -0.827. The number of rotatable bonds is 8. The summed E-state index contributed by atoms with van der Waals surface area (Å²) in [5.41, 5.74) is 2.38. The smallest absolute Gasteiger partial charge is 0.408 e. The summed E-state index contributed by atoms with van der Waals surface area (Å²) < 4.78 is 5.50. The zero-order chi connectivity index (χ0) is 33.0. The summed E-state index contributed by atoms with van der Waals surface area (Å²) in [4.78, 5) is 43.5. The molecule has 0 bridgehead atoms. The van der Waals surface area contributed by atoms with Crippen molar-refractivity contribution in [2.24, 2.45) is 0 Å². The lowest BCUT2D eigenvalue weighted by molar-refractivity contribution is -0.146. The van der Waals surface area contributed by atoms with Crippen molar-refractivity contribution in [1.82, 2.24) is 10.2 Å². The maximum Gasteiger partial charge on any atom is 0.408 e. The second-order valence-corrected chi connectivity index (χ2v) is 13.2. The van der Waals surface area contributed by atoms with Crippen LogP contribution >= 0.6 is 0 Å². The van der Waals surface area contributed by atoms with Gasteiger partial charge in [-0.1, -0.05) is 36.4 Å². The molecule has 0 aliphatic rings. The predicted octanol–water partition coefficient (Wildman–Crippen LogP) is 6.47. The van der Waals surface area contributed by atoms with Crippen LogP contribution < -0.4 is 10.6 Å². The summed E-state index contributed by atoms with van der Waals surface area (Å²) in [6, 6.07) is 14.6. The van der Waals surface area contributed by atoms with E-state index < -0.39 is 41.1 Å². The van der Waals surface area contributed by atoms with E-state index in [1.54, 1.807) is 52.0 Å². The molecule has 0 aliphatic heterocycles. The third-order valence-corrected chi connectivity index (χ3v) is 7.10. The second-order valence-electron chi connectivity index (χ2n) is 13.2. The average Bonchev–Trinajstić information content (AvgIpc) is 2.89. The summed E-state index contributed by atoms with van der Waals surface area (Å²) in [6.07, 6.45) is -0.703. The number of phenols is 2. The summed E-state index contributed by atoms with van der Waals surface area (Å²) >= 11 is 0. The molecule has 3 aromatic carbocycles. The SMILES string of the molecule is Cc1cc(C(C(=O)Nc2c(C)cccc2C)N(C(=O)C(Cc2ccc(O)cc2)NC(=O)OC(C)(C)C)C(C)(C)C)ccc1O. The van der Waals surface area contributed by atoms with Crippen LogP contribution in [0.4, 0.5) is 10.5 Å². The topological polar surface area (TPSA) is 128 Å². The van der Waals surface area contributed by atoms with Crippen LogP contribution in [0.5, 0.6) is 11.5 Å². The van der Waals surface area contributed by atoms with Crippen LogP contribution in [0.2, 0.25) is 0 Å². The van der Waals surface area contributed by atoms with E-state index in [9.17, 15) is 24.6 Å². The molecule has 0 heterocycles. The maximum atomic E-state index is 14.7.